The lowest BCUT2D eigenvalue weighted by atomic mass is 9.96. The zero-order valence-electron chi connectivity index (χ0n) is 12.8. The monoisotopic (exact) mass is 283 g/mol. The van der Waals surface area contributed by atoms with Crippen molar-refractivity contribution in [3.63, 3.8) is 0 Å². The second kappa shape index (κ2) is 8.72. The fraction of sp³-hybridized carbons (Fsp3) is 0.933. The van der Waals surface area contributed by atoms with Crippen molar-refractivity contribution < 1.29 is 9.53 Å². The van der Waals surface area contributed by atoms with Gasteiger partial charge in [-0.05, 0) is 38.9 Å². The largest absolute Gasteiger partial charge is 0.373 e. The number of hydrogen-bond acceptors (Lipinski definition) is 5. The lowest BCUT2D eigenvalue weighted by molar-refractivity contribution is -0.112. The minimum absolute atomic E-state index is 0.236. The van der Waals surface area contributed by atoms with Crippen molar-refractivity contribution in [1.82, 2.24) is 14.7 Å². The van der Waals surface area contributed by atoms with E-state index in [0.29, 0.717) is 6.61 Å². The number of aldehydes is 1. The van der Waals surface area contributed by atoms with E-state index in [1.165, 1.54) is 58.7 Å². The molecule has 0 aromatic heterocycles. The summed E-state index contributed by atoms with van der Waals surface area (Å²) >= 11 is 0. The standard InChI is InChI=1S/C15H29N3O2/c1-16-6-8-18(9-7-16)14-15-2-4-17(5-3-15)10-12-20-13-11-19/h11,15H,2-10,12-14H2,1H3. The fourth-order valence-electron chi connectivity index (χ4n) is 3.11. The van der Waals surface area contributed by atoms with Gasteiger partial charge in [-0.3, -0.25) is 0 Å². The van der Waals surface area contributed by atoms with Crippen molar-refractivity contribution >= 4 is 6.29 Å². The molecule has 0 spiro atoms. The lowest BCUT2D eigenvalue weighted by Gasteiger charge is -2.37. The van der Waals surface area contributed by atoms with Crippen LogP contribution in [0.25, 0.3) is 0 Å². The summed E-state index contributed by atoms with van der Waals surface area (Å²) in [5.74, 6) is 0.866. The van der Waals surface area contributed by atoms with E-state index in [0.717, 1.165) is 18.7 Å². The van der Waals surface area contributed by atoms with Crippen LogP contribution in [-0.2, 0) is 9.53 Å². The summed E-state index contributed by atoms with van der Waals surface area (Å²) in [5.41, 5.74) is 0. The smallest absolute Gasteiger partial charge is 0.145 e. The molecule has 5 heteroatoms. The molecule has 116 valence electrons. The number of hydrogen-bond donors (Lipinski definition) is 0. The van der Waals surface area contributed by atoms with Gasteiger partial charge in [-0.2, -0.15) is 0 Å². The Balaban J connectivity index is 1.56. The highest BCUT2D eigenvalue weighted by Gasteiger charge is 2.22. The summed E-state index contributed by atoms with van der Waals surface area (Å²) in [4.78, 5) is 17.7. The molecule has 0 aromatic rings. The topological polar surface area (TPSA) is 36.0 Å². The molecule has 0 N–H and O–H groups in total. The lowest BCUT2D eigenvalue weighted by Crippen LogP contribution is -2.47. The predicted molar refractivity (Wildman–Crippen MR) is 80.0 cm³/mol. The Morgan fingerprint density at radius 1 is 1.05 bits per heavy atom. The van der Waals surface area contributed by atoms with Gasteiger partial charge in [0.25, 0.3) is 0 Å². The molecule has 2 fully saturated rings. The number of likely N-dealkylation sites (N-methyl/N-ethyl adjacent to an activating group) is 1. The third-order valence-electron chi connectivity index (χ3n) is 4.56. The van der Waals surface area contributed by atoms with E-state index in [1.807, 2.05) is 0 Å². The van der Waals surface area contributed by atoms with Gasteiger partial charge in [-0.15, -0.1) is 0 Å². The summed E-state index contributed by atoms with van der Waals surface area (Å²) in [6.07, 6.45) is 3.43. The summed E-state index contributed by atoms with van der Waals surface area (Å²) in [6.45, 7) is 10.4. The highest BCUT2D eigenvalue weighted by molar-refractivity contribution is 5.50. The van der Waals surface area contributed by atoms with Gasteiger partial charge in [-0.25, -0.2) is 0 Å². The van der Waals surface area contributed by atoms with Crippen molar-refractivity contribution in [1.29, 1.82) is 0 Å². The first-order valence-corrected chi connectivity index (χ1v) is 7.92. The van der Waals surface area contributed by atoms with Gasteiger partial charge in [0.2, 0.25) is 0 Å². The van der Waals surface area contributed by atoms with Crippen LogP contribution in [0, 0.1) is 5.92 Å². The van der Waals surface area contributed by atoms with Crippen LogP contribution in [0.3, 0.4) is 0 Å². The minimum Gasteiger partial charge on any atom is -0.373 e. The second-order valence-electron chi connectivity index (χ2n) is 6.13. The first kappa shape index (κ1) is 15.9. The summed E-state index contributed by atoms with van der Waals surface area (Å²) < 4.78 is 5.22. The molecular formula is C15H29N3O2. The van der Waals surface area contributed by atoms with Crippen LogP contribution in [-0.4, -0.2) is 93.6 Å². The molecule has 2 saturated heterocycles. The van der Waals surface area contributed by atoms with Crippen LogP contribution < -0.4 is 0 Å². The summed E-state index contributed by atoms with van der Waals surface area (Å²) in [5, 5.41) is 0. The average molecular weight is 283 g/mol. The van der Waals surface area contributed by atoms with Crippen molar-refractivity contribution in [3.05, 3.63) is 0 Å². The zero-order valence-corrected chi connectivity index (χ0v) is 12.8. The summed E-state index contributed by atoms with van der Waals surface area (Å²) in [7, 11) is 2.21. The molecule has 20 heavy (non-hydrogen) atoms. The summed E-state index contributed by atoms with van der Waals surface area (Å²) in [6, 6.07) is 0. The highest BCUT2D eigenvalue weighted by atomic mass is 16.5. The number of carbonyl (C=O) groups is 1. The van der Waals surface area contributed by atoms with Gasteiger partial charge in [0, 0.05) is 39.3 Å². The molecule has 0 amide bonds. The van der Waals surface area contributed by atoms with Crippen LogP contribution in [0.15, 0.2) is 0 Å². The molecule has 0 aliphatic carbocycles. The zero-order chi connectivity index (χ0) is 14.2. The van der Waals surface area contributed by atoms with Crippen molar-refractivity contribution in [2.45, 2.75) is 12.8 Å². The van der Waals surface area contributed by atoms with Gasteiger partial charge < -0.3 is 24.2 Å². The van der Waals surface area contributed by atoms with E-state index in [1.54, 1.807) is 0 Å². The van der Waals surface area contributed by atoms with Crippen LogP contribution in [0.5, 0.6) is 0 Å². The Morgan fingerprint density at radius 2 is 1.75 bits per heavy atom. The maximum Gasteiger partial charge on any atom is 0.145 e. The molecule has 0 atom stereocenters. The molecule has 0 aromatic carbocycles. The number of nitrogens with zero attached hydrogens (tertiary/aromatic N) is 3. The maximum absolute atomic E-state index is 10.2. The van der Waals surface area contributed by atoms with E-state index in [4.69, 9.17) is 4.74 Å². The highest BCUT2D eigenvalue weighted by Crippen LogP contribution is 2.18. The number of piperazine rings is 1. The van der Waals surface area contributed by atoms with Crippen molar-refractivity contribution in [3.8, 4) is 0 Å². The molecule has 0 bridgehead atoms. The first-order chi connectivity index (χ1) is 9.78. The Hall–Kier alpha value is -0.490. The normalized spacial score (nSPS) is 24.1. The third-order valence-corrected chi connectivity index (χ3v) is 4.56. The molecule has 2 aliphatic rings. The molecule has 0 unspecified atom stereocenters. The van der Waals surface area contributed by atoms with Crippen molar-refractivity contribution in [2.24, 2.45) is 5.92 Å². The van der Waals surface area contributed by atoms with Gasteiger partial charge in [-0.1, -0.05) is 0 Å². The Labute approximate surface area is 122 Å². The SMILES string of the molecule is CN1CCN(CC2CCN(CCOCC=O)CC2)CC1. The molecule has 2 aliphatic heterocycles. The predicted octanol–water partition coefficient (Wildman–Crippen LogP) is 0.161. The Bertz CT molecular complexity index is 272. The van der Waals surface area contributed by atoms with E-state index < -0.39 is 0 Å². The molecule has 0 radical (unpaired) electrons. The first-order valence-electron chi connectivity index (χ1n) is 7.92. The van der Waals surface area contributed by atoms with Crippen LogP contribution in [0.4, 0.5) is 0 Å². The second-order valence-corrected chi connectivity index (χ2v) is 6.13. The molecule has 0 saturated carbocycles. The van der Waals surface area contributed by atoms with E-state index in [9.17, 15) is 4.79 Å². The van der Waals surface area contributed by atoms with E-state index in [-0.39, 0.29) is 6.61 Å². The van der Waals surface area contributed by atoms with Gasteiger partial charge in [0.05, 0.1) is 6.61 Å². The van der Waals surface area contributed by atoms with Gasteiger partial charge >= 0.3 is 0 Å². The van der Waals surface area contributed by atoms with E-state index >= 15 is 0 Å². The van der Waals surface area contributed by atoms with Crippen molar-refractivity contribution in [2.75, 3.05) is 72.6 Å². The molecule has 2 heterocycles. The van der Waals surface area contributed by atoms with Gasteiger partial charge in [0.15, 0.2) is 0 Å². The number of carbonyl (C=O) groups excluding carboxylic acids is 1. The number of rotatable bonds is 7. The minimum atomic E-state index is 0.236. The molecular weight excluding hydrogens is 254 g/mol. The quantitative estimate of drug-likeness (QED) is 0.491. The van der Waals surface area contributed by atoms with Crippen LogP contribution in [0.1, 0.15) is 12.8 Å². The fourth-order valence-corrected chi connectivity index (χ4v) is 3.11. The maximum atomic E-state index is 10.2. The van der Waals surface area contributed by atoms with Crippen LogP contribution >= 0.6 is 0 Å². The van der Waals surface area contributed by atoms with Crippen LogP contribution in [0.2, 0.25) is 0 Å². The molecule has 2 rings (SSSR count). The third kappa shape index (κ3) is 5.48. The molecule has 5 nitrogen and oxygen atoms in total. The number of likely N-dealkylation sites (tertiary alicyclic amines) is 1. The number of ether oxygens (including phenoxy) is 1. The number of piperidine rings is 1. The van der Waals surface area contributed by atoms with E-state index in [2.05, 4.69) is 21.7 Å². The average Bonchev–Trinajstić information content (AvgIpc) is 2.48. The van der Waals surface area contributed by atoms with Gasteiger partial charge in [0.1, 0.15) is 12.9 Å². The Kier molecular flexibility index (Phi) is 6.93. The Morgan fingerprint density at radius 3 is 2.40 bits per heavy atom.